The maximum atomic E-state index is 13.1. The number of nitrogens with zero attached hydrogens (tertiary/aromatic N) is 6. The van der Waals surface area contributed by atoms with Crippen molar-refractivity contribution in [3.63, 3.8) is 0 Å². The smallest absolute Gasteiger partial charge is 0.507 e. The monoisotopic (exact) mass is 576 g/mol. The average Bonchev–Trinajstić information content (AvgIpc) is 3.72. The van der Waals surface area contributed by atoms with Gasteiger partial charge in [0.15, 0.2) is 0 Å². The van der Waals surface area contributed by atoms with Crippen molar-refractivity contribution < 1.29 is 36.7 Å². The molecule has 0 radical (unpaired) electrons. The summed E-state index contributed by atoms with van der Waals surface area (Å²) in [5.74, 6) is -0.387. The third kappa shape index (κ3) is 5.77. The van der Waals surface area contributed by atoms with Crippen molar-refractivity contribution >= 4 is 24.9 Å². The van der Waals surface area contributed by atoms with Gasteiger partial charge in [-0.3, -0.25) is 0 Å². The molecular formula is C25H34CuN6O4P+2. The standard InChI is InChI=1S/C19H28N3O3P.C6H5N3O.Cu/c23-18-10-2-1-9-17(18)19(24)25-26(20-11-3-4-12-20,21-13-5-6-14-21)22-15-7-8-16-22;10-9-6-4-2-1-3-5(6)7-8-9;/h1-2,9-10H,3-8,11-16H2;1-4,10H;/q;;+1/p+1. The van der Waals surface area contributed by atoms with E-state index in [-0.39, 0.29) is 34.4 Å². The summed E-state index contributed by atoms with van der Waals surface area (Å²) in [6, 6.07) is 13.9. The number of rotatable bonds is 5. The summed E-state index contributed by atoms with van der Waals surface area (Å²) >= 11 is 0. The van der Waals surface area contributed by atoms with Gasteiger partial charge in [0.1, 0.15) is 22.3 Å². The molecule has 3 saturated heterocycles. The van der Waals surface area contributed by atoms with Crippen LogP contribution < -0.4 is 0 Å². The van der Waals surface area contributed by atoms with E-state index in [1.54, 1.807) is 36.4 Å². The normalized spacial score (nSPS) is 18.9. The number of hydrogen-bond donors (Lipinski definition) is 2. The van der Waals surface area contributed by atoms with Gasteiger partial charge in [0.05, 0.1) is 0 Å². The number of phenols is 1. The van der Waals surface area contributed by atoms with Crippen molar-refractivity contribution in [3.05, 3.63) is 54.1 Å². The third-order valence-corrected chi connectivity index (χ3v) is 10.8. The molecule has 202 valence electrons. The number of carbonyl (C=O) groups excluding carboxylic acids is 1. The van der Waals surface area contributed by atoms with Gasteiger partial charge in [-0.15, -0.1) is 19.1 Å². The number of carbonyl (C=O) groups is 1. The Hall–Kier alpha value is -2.26. The van der Waals surface area contributed by atoms with Gasteiger partial charge in [0.25, 0.3) is 0 Å². The van der Waals surface area contributed by atoms with Crippen LogP contribution in [0.3, 0.4) is 0 Å². The van der Waals surface area contributed by atoms with E-state index < -0.39 is 7.94 Å². The average molecular weight is 577 g/mol. The topological polar surface area (TPSA) is 107 Å². The van der Waals surface area contributed by atoms with E-state index in [1.165, 1.54) is 0 Å². The van der Waals surface area contributed by atoms with Crippen LogP contribution in [0.5, 0.6) is 5.75 Å². The zero-order valence-corrected chi connectivity index (χ0v) is 22.6. The Bertz CT molecular complexity index is 1140. The van der Waals surface area contributed by atoms with E-state index in [0.717, 1.165) is 82.6 Å². The fourth-order valence-corrected chi connectivity index (χ4v) is 9.41. The van der Waals surface area contributed by atoms with Gasteiger partial charge in [0.2, 0.25) is 0 Å². The minimum atomic E-state index is -2.34. The van der Waals surface area contributed by atoms with Gasteiger partial charge in [-0.2, -0.15) is 0 Å². The molecule has 3 aliphatic heterocycles. The van der Waals surface area contributed by atoms with E-state index in [1.807, 2.05) is 12.1 Å². The zero-order chi connectivity index (χ0) is 25.0. The van der Waals surface area contributed by atoms with Gasteiger partial charge >= 0.3 is 31.0 Å². The van der Waals surface area contributed by atoms with Crippen LogP contribution in [0.1, 0.15) is 48.9 Å². The molecule has 0 saturated carbocycles. The van der Waals surface area contributed by atoms with Gasteiger partial charge < -0.3 is 10.3 Å². The van der Waals surface area contributed by atoms with Crippen LogP contribution in [-0.2, 0) is 21.6 Å². The Morgan fingerprint density at radius 1 is 0.784 bits per heavy atom. The maximum absolute atomic E-state index is 13.1. The Morgan fingerprint density at radius 3 is 1.78 bits per heavy atom. The van der Waals surface area contributed by atoms with Gasteiger partial charge in [-0.05, 0) is 68.0 Å². The number of aromatic hydroxyl groups is 1. The Labute approximate surface area is 228 Å². The quantitative estimate of drug-likeness (QED) is 0.263. The molecule has 3 aromatic rings. The molecule has 37 heavy (non-hydrogen) atoms. The summed E-state index contributed by atoms with van der Waals surface area (Å²) < 4.78 is 13.8. The second-order valence-electron chi connectivity index (χ2n) is 9.36. The van der Waals surface area contributed by atoms with Crippen molar-refractivity contribution in [2.24, 2.45) is 0 Å². The molecular weight excluding hydrogens is 543 g/mol. The van der Waals surface area contributed by atoms with E-state index in [9.17, 15) is 9.90 Å². The number of benzene rings is 2. The molecule has 12 heteroatoms. The number of para-hydroxylation sites is 2. The minimum Gasteiger partial charge on any atom is -0.507 e. The van der Waals surface area contributed by atoms with Crippen molar-refractivity contribution in [1.82, 2.24) is 29.2 Å². The second kappa shape index (κ2) is 12.5. The van der Waals surface area contributed by atoms with Crippen LogP contribution in [0.25, 0.3) is 11.0 Å². The van der Waals surface area contributed by atoms with Crippen molar-refractivity contribution in [2.45, 2.75) is 38.5 Å². The molecule has 2 N–H and O–H groups in total. The Balaban J connectivity index is 0.000000244. The fraction of sp³-hybridized carbons (Fsp3) is 0.480. The van der Waals surface area contributed by atoms with Crippen LogP contribution in [0.2, 0.25) is 0 Å². The van der Waals surface area contributed by atoms with Crippen molar-refractivity contribution in [3.8, 4) is 5.75 Å². The summed E-state index contributed by atoms with van der Waals surface area (Å²) in [6.07, 6.45) is 6.99. The predicted molar refractivity (Wildman–Crippen MR) is 138 cm³/mol. The first kappa shape index (κ1) is 27.8. The van der Waals surface area contributed by atoms with Gasteiger partial charge in [-0.25, -0.2) is 9.32 Å². The first-order valence-electron chi connectivity index (χ1n) is 12.8. The molecule has 4 heterocycles. The first-order chi connectivity index (χ1) is 17.6. The molecule has 1 aromatic heterocycles. The number of aromatic nitrogens is 3. The van der Waals surface area contributed by atoms with Gasteiger partial charge in [-0.1, -0.05) is 29.1 Å². The molecule has 0 unspecified atom stereocenters. The molecule has 0 amide bonds. The molecule has 3 fully saturated rings. The SMILES string of the molecule is O=C(O[P+](N1CCCC1)(N1CCCC1)N1CCCC1)c1ccccc1O.On1nnc2ccccc21.[Cu+]. The summed E-state index contributed by atoms with van der Waals surface area (Å²) in [6.45, 7) is 5.97. The first-order valence-corrected chi connectivity index (χ1v) is 14.3. The number of hydrogen-bond acceptors (Lipinski definition) is 9. The predicted octanol–water partition coefficient (Wildman–Crippen LogP) is 4.18. The summed E-state index contributed by atoms with van der Waals surface area (Å²) in [4.78, 5) is 13.9. The molecule has 10 nitrogen and oxygen atoms in total. The number of fused-ring (bicyclic) bond motifs is 1. The van der Waals surface area contributed by atoms with Crippen LogP contribution in [-0.4, -0.2) is 84.7 Å². The van der Waals surface area contributed by atoms with Crippen LogP contribution >= 0.6 is 7.94 Å². The minimum absolute atomic E-state index is 0. The number of phenolic OH excluding ortho intramolecular Hbond substituents is 1. The van der Waals surface area contributed by atoms with Crippen LogP contribution in [0, 0.1) is 0 Å². The van der Waals surface area contributed by atoms with Crippen molar-refractivity contribution in [1.29, 1.82) is 0 Å². The fourth-order valence-electron chi connectivity index (χ4n) is 5.26. The summed E-state index contributed by atoms with van der Waals surface area (Å²) in [7, 11) is -2.34. The molecule has 2 aromatic carbocycles. The van der Waals surface area contributed by atoms with E-state index >= 15 is 0 Å². The molecule has 3 aliphatic rings. The van der Waals surface area contributed by atoms with Crippen molar-refractivity contribution in [2.75, 3.05) is 39.3 Å². The summed E-state index contributed by atoms with van der Waals surface area (Å²) in [5, 5.41) is 26.2. The van der Waals surface area contributed by atoms with E-state index in [4.69, 9.17) is 9.73 Å². The van der Waals surface area contributed by atoms with E-state index in [0.29, 0.717) is 11.0 Å². The Morgan fingerprint density at radius 2 is 1.27 bits per heavy atom. The zero-order valence-electron chi connectivity index (χ0n) is 20.7. The Kier molecular flexibility index (Phi) is 9.40. The van der Waals surface area contributed by atoms with Crippen LogP contribution in [0.15, 0.2) is 48.5 Å². The molecule has 0 bridgehead atoms. The van der Waals surface area contributed by atoms with E-state index in [2.05, 4.69) is 24.3 Å². The largest absolute Gasteiger partial charge is 1.00 e. The molecule has 6 rings (SSSR count). The second-order valence-corrected chi connectivity index (χ2v) is 12.3. The maximum Gasteiger partial charge on any atom is 1.00 e. The summed E-state index contributed by atoms with van der Waals surface area (Å²) in [5.41, 5.74) is 1.60. The molecule has 0 atom stereocenters. The van der Waals surface area contributed by atoms with Crippen LogP contribution in [0.4, 0.5) is 0 Å². The molecule has 0 spiro atoms. The van der Waals surface area contributed by atoms with Gasteiger partial charge in [0, 0.05) is 39.3 Å². The third-order valence-electron chi connectivity index (χ3n) is 7.02. The molecule has 0 aliphatic carbocycles.